The Morgan fingerprint density at radius 2 is 1.21 bits per heavy atom. The summed E-state index contributed by atoms with van der Waals surface area (Å²) < 4.78 is 4.43. The van der Waals surface area contributed by atoms with Crippen molar-refractivity contribution in [3.8, 4) is 62.7 Å². The molecule has 6 aromatic carbocycles. The predicted octanol–water partition coefficient (Wildman–Crippen LogP) is 13.4. The lowest BCUT2D eigenvalue weighted by atomic mass is 10.0. The van der Waals surface area contributed by atoms with Crippen LogP contribution in [0.1, 0.15) is 11.3 Å². The molecule has 0 amide bonds. The Morgan fingerprint density at radius 1 is 0.534 bits per heavy atom. The fourth-order valence-electron chi connectivity index (χ4n) is 7.36. The van der Waals surface area contributed by atoms with Crippen LogP contribution in [-0.4, -0.2) is 24.9 Å². The SMILES string of the molecule is C=C/C=C(\C=C)c1nc(-c2ccc3c(c2)sc2cccc(-c4nc(-c5ccccc5)nc(-c5ccc(-c6cccc(C#N)c6)cc5)n4)c23)nc2c1sc1ccccc12. The van der Waals surface area contributed by atoms with E-state index in [1.165, 1.54) is 0 Å². The lowest BCUT2D eigenvalue weighted by molar-refractivity contribution is 1.08. The van der Waals surface area contributed by atoms with E-state index in [2.05, 4.69) is 79.9 Å². The minimum absolute atomic E-state index is 0.577. The van der Waals surface area contributed by atoms with E-state index >= 15 is 0 Å². The molecule has 4 heterocycles. The van der Waals surface area contributed by atoms with Gasteiger partial charge < -0.3 is 0 Å². The third-order valence-corrected chi connectivity index (χ3v) is 12.4. The van der Waals surface area contributed by atoms with E-state index in [9.17, 15) is 5.26 Å². The first kappa shape index (κ1) is 35.0. The second-order valence-electron chi connectivity index (χ2n) is 13.7. The maximum atomic E-state index is 9.43. The van der Waals surface area contributed by atoms with E-state index in [1.54, 1.807) is 28.7 Å². The van der Waals surface area contributed by atoms with Gasteiger partial charge in [0.15, 0.2) is 23.3 Å². The molecule has 58 heavy (non-hydrogen) atoms. The first-order chi connectivity index (χ1) is 28.6. The Kier molecular flexibility index (Phi) is 8.79. The molecule has 0 unspecified atom stereocenters. The number of hydrogen-bond donors (Lipinski definition) is 0. The summed E-state index contributed by atoms with van der Waals surface area (Å²) in [6.45, 7) is 8.03. The molecular weight excluding hydrogens is 749 g/mol. The van der Waals surface area contributed by atoms with Crippen molar-refractivity contribution in [1.82, 2.24) is 24.9 Å². The molecule has 0 atom stereocenters. The third kappa shape index (κ3) is 6.16. The second-order valence-corrected chi connectivity index (χ2v) is 15.8. The Balaban J connectivity index is 1.11. The Labute approximate surface area is 342 Å². The average molecular weight is 779 g/mol. The average Bonchev–Trinajstić information content (AvgIpc) is 3.86. The smallest absolute Gasteiger partial charge is 0.164 e. The predicted molar refractivity (Wildman–Crippen MR) is 241 cm³/mol. The van der Waals surface area contributed by atoms with E-state index in [0.717, 1.165) is 85.1 Å². The van der Waals surface area contributed by atoms with Crippen molar-refractivity contribution in [2.45, 2.75) is 0 Å². The molecule has 6 nitrogen and oxygen atoms in total. The fraction of sp³-hybridized carbons (Fsp3) is 0. The molecular formula is C50H30N6S2. The maximum absolute atomic E-state index is 9.43. The number of thiophene rings is 2. The minimum atomic E-state index is 0.577. The number of nitriles is 1. The highest BCUT2D eigenvalue weighted by Crippen LogP contribution is 2.42. The van der Waals surface area contributed by atoms with E-state index < -0.39 is 0 Å². The van der Waals surface area contributed by atoms with Gasteiger partial charge in [0.1, 0.15) is 0 Å². The molecule has 0 aliphatic rings. The van der Waals surface area contributed by atoms with Gasteiger partial charge in [0.2, 0.25) is 0 Å². The topological polar surface area (TPSA) is 88.2 Å². The van der Waals surface area contributed by atoms with Crippen LogP contribution in [0.2, 0.25) is 0 Å². The Bertz CT molecular complexity index is 3330. The molecule has 8 heteroatoms. The first-order valence-electron chi connectivity index (χ1n) is 18.6. The van der Waals surface area contributed by atoms with Crippen molar-refractivity contribution in [2.75, 3.05) is 0 Å². The highest BCUT2D eigenvalue weighted by molar-refractivity contribution is 7.26. The summed E-state index contributed by atoms with van der Waals surface area (Å²) in [6.07, 6.45) is 5.54. The monoisotopic (exact) mass is 778 g/mol. The van der Waals surface area contributed by atoms with Gasteiger partial charge in [-0.3, -0.25) is 0 Å². The molecule has 0 saturated heterocycles. The van der Waals surface area contributed by atoms with Crippen molar-refractivity contribution < 1.29 is 0 Å². The number of aromatic nitrogens is 5. The molecule has 0 bridgehead atoms. The summed E-state index contributed by atoms with van der Waals surface area (Å²) in [7, 11) is 0. The largest absolute Gasteiger partial charge is 0.226 e. The summed E-state index contributed by atoms with van der Waals surface area (Å²) in [4.78, 5) is 25.6. The van der Waals surface area contributed by atoms with E-state index in [0.29, 0.717) is 28.9 Å². The van der Waals surface area contributed by atoms with Crippen molar-refractivity contribution in [3.63, 3.8) is 0 Å². The molecule has 0 saturated carbocycles. The van der Waals surface area contributed by atoms with Crippen LogP contribution in [0.3, 0.4) is 0 Å². The number of hydrogen-bond acceptors (Lipinski definition) is 8. The van der Waals surface area contributed by atoms with Gasteiger partial charge in [-0.1, -0.05) is 141 Å². The molecule has 0 fully saturated rings. The first-order valence-corrected chi connectivity index (χ1v) is 20.2. The molecule has 0 aliphatic carbocycles. The molecule has 10 rings (SSSR count). The third-order valence-electron chi connectivity index (χ3n) is 10.1. The van der Waals surface area contributed by atoms with Gasteiger partial charge in [-0.05, 0) is 41.5 Å². The summed E-state index contributed by atoms with van der Waals surface area (Å²) in [6, 6.07) is 49.1. The van der Waals surface area contributed by atoms with Crippen molar-refractivity contribution in [2.24, 2.45) is 0 Å². The quantitative estimate of drug-likeness (QED) is 0.143. The fourth-order valence-corrected chi connectivity index (χ4v) is 9.68. The van der Waals surface area contributed by atoms with Crippen LogP contribution in [0.5, 0.6) is 0 Å². The van der Waals surface area contributed by atoms with Crippen molar-refractivity contribution >= 4 is 68.7 Å². The molecule has 0 radical (unpaired) electrons. The van der Waals surface area contributed by atoms with Crippen LogP contribution in [-0.2, 0) is 0 Å². The minimum Gasteiger partial charge on any atom is -0.226 e. The second kappa shape index (κ2) is 14.6. The van der Waals surface area contributed by atoms with Crippen LogP contribution < -0.4 is 0 Å². The van der Waals surface area contributed by atoms with Crippen LogP contribution in [0.15, 0.2) is 171 Å². The molecule has 272 valence electrons. The Hall–Kier alpha value is -7.44. The maximum Gasteiger partial charge on any atom is 0.164 e. The van der Waals surface area contributed by atoms with Crippen LogP contribution in [0.4, 0.5) is 0 Å². The summed E-state index contributed by atoms with van der Waals surface area (Å²) >= 11 is 3.42. The van der Waals surface area contributed by atoms with Gasteiger partial charge in [-0.15, -0.1) is 22.7 Å². The van der Waals surface area contributed by atoms with Gasteiger partial charge in [0.05, 0.1) is 27.5 Å². The zero-order chi connectivity index (χ0) is 39.2. The molecule has 0 aliphatic heterocycles. The molecule has 4 aromatic heterocycles. The zero-order valence-electron chi connectivity index (χ0n) is 30.9. The van der Waals surface area contributed by atoms with Gasteiger partial charge in [-0.25, -0.2) is 24.9 Å². The molecule has 10 aromatic rings. The lowest BCUT2D eigenvalue weighted by Gasteiger charge is -2.10. The number of nitrogens with zero attached hydrogens (tertiary/aromatic N) is 6. The van der Waals surface area contributed by atoms with E-state index in [1.807, 2.05) is 91.0 Å². The van der Waals surface area contributed by atoms with Crippen molar-refractivity contribution in [3.05, 3.63) is 182 Å². The normalized spacial score (nSPS) is 11.7. The number of benzene rings is 6. The zero-order valence-corrected chi connectivity index (χ0v) is 32.6. The number of allylic oxidation sites excluding steroid dienone is 4. The van der Waals surface area contributed by atoms with Gasteiger partial charge >= 0.3 is 0 Å². The Morgan fingerprint density at radius 3 is 2.00 bits per heavy atom. The molecule has 0 spiro atoms. The van der Waals surface area contributed by atoms with Crippen LogP contribution in [0, 0.1) is 11.3 Å². The molecule has 0 N–H and O–H groups in total. The van der Waals surface area contributed by atoms with Gasteiger partial charge in [-0.2, -0.15) is 5.26 Å². The lowest BCUT2D eigenvalue weighted by Crippen LogP contribution is -2.00. The van der Waals surface area contributed by atoms with Gasteiger partial charge in [0, 0.05) is 58.1 Å². The van der Waals surface area contributed by atoms with E-state index in [-0.39, 0.29) is 0 Å². The van der Waals surface area contributed by atoms with Crippen molar-refractivity contribution in [1.29, 1.82) is 5.26 Å². The summed E-state index contributed by atoms with van der Waals surface area (Å²) in [5.41, 5.74) is 8.91. The van der Waals surface area contributed by atoms with Crippen LogP contribution in [0.25, 0.3) is 103 Å². The summed E-state index contributed by atoms with van der Waals surface area (Å²) in [5.74, 6) is 2.42. The summed E-state index contributed by atoms with van der Waals surface area (Å²) in [5, 5.41) is 12.7. The highest BCUT2D eigenvalue weighted by Gasteiger charge is 2.20. The highest BCUT2D eigenvalue weighted by atomic mass is 32.1. The van der Waals surface area contributed by atoms with E-state index in [4.69, 9.17) is 24.9 Å². The van der Waals surface area contributed by atoms with Gasteiger partial charge in [0.25, 0.3) is 0 Å². The standard InChI is InChI=1S/C50H30N6S2/c1-3-12-31(4-2)44-46-45(38-17-8-9-19-40(38)58-46)53-49(52-44)36-25-26-37-42(28-36)57-41-20-11-18-39(43(37)41)50-55-47(33-14-6-5-7-15-33)54-48(56-50)34-23-21-32(22-24-34)35-16-10-13-30(27-35)29-51/h3-28H,1-2H2/b31-12+. The number of rotatable bonds is 8. The van der Waals surface area contributed by atoms with Crippen LogP contribution >= 0.6 is 22.7 Å². The number of fused-ring (bicyclic) bond motifs is 6.